The fourth-order valence-electron chi connectivity index (χ4n) is 3.42. The molecule has 8 heteroatoms. The van der Waals surface area contributed by atoms with E-state index in [0.29, 0.717) is 6.42 Å². The first kappa shape index (κ1) is 19.2. The number of aryl methyl sites for hydroxylation is 1. The van der Waals surface area contributed by atoms with Crippen molar-refractivity contribution in [3.05, 3.63) is 35.9 Å². The molecule has 2 unspecified atom stereocenters. The van der Waals surface area contributed by atoms with E-state index < -0.39 is 35.8 Å². The molecule has 2 aliphatic heterocycles. The largest absolute Gasteiger partial charge is 0.465 e. The van der Waals surface area contributed by atoms with Crippen molar-refractivity contribution in [1.29, 1.82) is 0 Å². The second kappa shape index (κ2) is 7.56. The van der Waals surface area contributed by atoms with Crippen molar-refractivity contribution in [2.75, 3.05) is 19.8 Å². The van der Waals surface area contributed by atoms with Crippen LogP contribution in [-0.4, -0.2) is 70.4 Å². The molecular weight excluding hydrogens is 352 g/mol. The van der Waals surface area contributed by atoms with Crippen LogP contribution >= 0.6 is 0 Å². The number of hydrogen-bond donors (Lipinski definition) is 1. The zero-order valence-corrected chi connectivity index (χ0v) is 15.5. The maximum absolute atomic E-state index is 12.8. The van der Waals surface area contributed by atoms with Crippen LogP contribution in [0.25, 0.3) is 0 Å². The number of nitrogens with zero attached hydrogens (tertiary/aromatic N) is 2. The zero-order valence-electron chi connectivity index (χ0n) is 15.5. The number of fused-ring (bicyclic) bond motifs is 2. The smallest absolute Gasteiger partial charge is 0.414 e. The molecule has 8 nitrogen and oxygen atoms in total. The van der Waals surface area contributed by atoms with Crippen molar-refractivity contribution < 1.29 is 29.0 Å². The molecule has 2 saturated heterocycles. The molecule has 1 aromatic rings. The molecule has 2 atom stereocenters. The van der Waals surface area contributed by atoms with E-state index in [4.69, 9.17) is 9.47 Å². The Kier molecular flexibility index (Phi) is 5.36. The molecule has 0 radical (unpaired) electrons. The summed E-state index contributed by atoms with van der Waals surface area (Å²) in [7, 11) is 0. The first-order chi connectivity index (χ1) is 12.8. The number of carbonyl (C=O) groups is 3. The number of carbonyl (C=O) groups excluding carboxylic acids is 2. The number of ether oxygens (including phenoxy) is 2. The van der Waals surface area contributed by atoms with E-state index in [-0.39, 0.29) is 19.8 Å². The van der Waals surface area contributed by atoms with Crippen molar-refractivity contribution in [3.63, 3.8) is 0 Å². The average Bonchev–Trinajstić information content (AvgIpc) is 2.63. The summed E-state index contributed by atoms with van der Waals surface area (Å²) in [5.74, 6) is -0.655. The molecule has 0 spiro atoms. The van der Waals surface area contributed by atoms with Crippen molar-refractivity contribution >= 4 is 18.1 Å². The SMILES string of the molecule is CC(C)(CCc1ccccc1)OC(=O)N1C2COCC1C(=O)N(C(=O)O)C2. The van der Waals surface area contributed by atoms with Crippen LogP contribution in [0.15, 0.2) is 30.3 Å². The van der Waals surface area contributed by atoms with Crippen LogP contribution in [0.2, 0.25) is 0 Å². The molecular formula is C19H24N2O6. The molecule has 3 amide bonds. The van der Waals surface area contributed by atoms with Gasteiger partial charge in [-0.05, 0) is 32.3 Å². The number of piperazine rings is 1. The van der Waals surface area contributed by atoms with E-state index in [1.807, 2.05) is 44.2 Å². The summed E-state index contributed by atoms with van der Waals surface area (Å²) in [6, 6.07) is 8.41. The molecule has 0 aliphatic carbocycles. The lowest BCUT2D eigenvalue weighted by Crippen LogP contribution is -2.69. The minimum atomic E-state index is -1.31. The third-order valence-electron chi connectivity index (χ3n) is 4.92. The number of imide groups is 1. The molecule has 2 aliphatic rings. The Morgan fingerprint density at radius 3 is 2.63 bits per heavy atom. The van der Waals surface area contributed by atoms with Crippen LogP contribution in [0.5, 0.6) is 0 Å². The van der Waals surface area contributed by atoms with Crippen molar-refractivity contribution in [2.45, 2.75) is 44.4 Å². The van der Waals surface area contributed by atoms with Crippen molar-refractivity contribution in [3.8, 4) is 0 Å². The van der Waals surface area contributed by atoms with Crippen molar-refractivity contribution in [1.82, 2.24) is 9.80 Å². The Hall–Kier alpha value is -2.61. The lowest BCUT2D eigenvalue weighted by Gasteiger charge is -2.47. The van der Waals surface area contributed by atoms with Crippen LogP contribution in [0.1, 0.15) is 25.8 Å². The standard InChI is InChI=1S/C19H24N2O6/c1-19(2,9-8-13-6-4-3-5-7-13)27-18(25)21-14-10-20(17(23)24)16(22)15(21)12-26-11-14/h3-7,14-15H,8-12H2,1-2H3,(H,23,24). The maximum Gasteiger partial charge on any atom is 0.414 e. The highest BCUT2D eigenvalue weighted by Gasteiger charge is 2.49. The number of amides is 3. The van der Waals surface area contributed by atoms with Gasteiger partial charge in [-0.15, -0.1) is 0 Å². The molecule has 3 rings (SSSR count). The summed E-state index contributed by atoms with van der Waals surface area (Å²) in [4.78, 5) is 38.5. The number of rotatable bonds is 4. The fraction of sp³-hybridized carbons (Fsp3) is 0.526. The van der Waals surface area contributed by atoms with Gasteiger partial charge in [0.1, 0.15) is 11.6 Å². The lowest BCUT2D eigenvalue weighted by molar-refractivity contribution is -0.155. The third-order valence-corrected chi connectivity index (χ3v) is 4.92. The number of carboxylic acid groups (broad SMARTS) is 1. The summed E-state index contributed by atoms with van der Waals surface area (Å²) in [5.41, 5.74) is 0.423. The van der Waals surface area contributed by atoms with Crippen LogP contribution in [-0.2, 0) is 20.7 Å². The van der Waals surface area contributed by atoms with E-state index in [9.17, 15) is 19.5 Å². The highest BCUT2D eigenvalue weighted by molar-refractivity contribution is 5.97. The third kappa shape index (κ3) is 4.21. The van der Waals surface area contributed by atoms with E-state index in [2.05, 4.69) is 0 Å². The van der Waals surface area contributed by atoms with Gasteiger partial charge in [-0.1, -0.05) is 30.3 Å². The minimum Gasteiger partial charge on any atom is -0.465 e. The van der Waals surface area contributed by atoms with E-state index in [1.54, 1.807) is 0 Å². The highest BCUT2D eigenvalue weighted by atomic mass is 16.6. The summed E-state index contributed by atoms with van der Waals surface area (Å²) in [6.07, 6.45) is -0.543. The second-order valence-corrected chi connectivity index (χ2v) is 7.46. The van der Waals surface area contributed by atoms with Gasteiger partial charge in [0.2, 0.25) is 0 Å². The van der Waals surface area contributed by atoms with E-state index in [0.717, 1.165) is 16.9 Å². The van der Waals surface area contributed by atoms with Crippen molar-refractivity contribution in [2.24, 2.45) is 0 Å². The summed E-state index contributed by atoms with van der Waals surface area (Å²) < 4.78 is 11.1. The molecule has 146 valence electrons. The monoisotopic (exact) mass is 376 g/mol. The minimum absolute atomic E-state index is 0.0291. The number of benzene rings is 1. The van der Waals surface area contributed by atoms with Gasteiger partial charge >= 0.3 is 12.2 Å². The molecule has 2 heterocycles. The zero-order chi connectivity index (χ0) is 19.6. The van der Waals surface area contributed by atoms with Gasteiger partial charge < -0.3 is 14.6 Å². The maximum atomic E-state index is 12.8. The molecule has 1 aromatic carbocycles. The van der Waals surface area contributed by atoms with Gasteiger partial charge in [0.25, 0.3) is 5.91 Å². The summed E-state index contributed by atoms with van der Waals surface area (Å²) in [5, 5.41) is 9.18. The molecule has 2 fully saturated rings. The van der Waals surface area contributed by atoms with Crippen LogP contribution < -0.4 is 0 Å². The van der Waals surface area contributed by atoms with Gasteiger partial charge in [-0.2, -0.15) is 0 Å². The van der Waals surface area contributed by atoms with E-state index in [1.165, 1.54) is 4.90 Å². The van der Waals surface area contributed by atoms with Gasteiger partial charge in [-0.25, -0.2) is 14.5 Å². The van der Waals surface area contributed by atoms with Gasteiger partial charge in [0.05, 0.1) is 25.8 Å². The Bertz CT molecular complexity index is 720. The molecule has 0 saturated carbocycles. The van der Waals surface area contributed by atoms with Crippen LogP contribution in [0.4, 0.5) is 9.59 Å². The summed E-state index contributed by atoms with van der Waals surface area (Å²) >= 11 is 0. The number of morpholine rings is 1. The first-order valence-corrected chi connectivity index (χ1v) is 8.96. The normalized spacial score (nSPS) is 22.5. The Morgan fingerprint density at radius 1 is 1.26 bits per heavy atom. The van der Waals surface area contributed by atoms with Gasteiger partial charge in [0.15, 0.2) is 0 Å². The molecule has 1 N–H and O–H groups in total. The predicted octanol–water partition coefficient (Wildman–Crippen LogP) is 2.12. The Labute approximate surface area is 157 Å². The van der Waals surface area contributed by atoms with E-state index >= 15 is 0 Å². The topological polar surface area (TPSA) is 96.4 Å². The molecule has 2 bridgehead atoms. The lowest BCUT2D eigenvalue weighted by atomic mass is 9.98. The Balaban J connectivity index is 1.66. The van der Waals surface area contributed by atoms with Gasteiger partial charge in [-0.3, -0.25) is 9.69 Å². The van der Waals surface area contributed by atoms with Gasteiger partial charge in [0, 0.05) is 0 Å². The second-order valence-electron chi connectivity index (χ2n) is 7.46. The Morgan fingerprint density at radius 2 is 1.96 bits per heavy atom. The number of hydrogen-bond acceptors (Lipinski definition) is 5. The predicted molar refractivity (Wildman–Crippen MR) is 95.3 cm³/mol. The fourth-order valence-corrected chi connectivity index (χ4v) is 3.42. The highest BCUT2D eigenvalue weighted by Crippen LogP contribution is 2.26. The molecule has 27 heavy (non-hydrogen) atoms. The molecule has 0 aromatic heterocycles. The average molecular weight is 376 g/mol. The summed E-state index contributed by atoms with van der Waals surface area (Å²) in [6.45, 7) is 3.70. The van der Waals surface area contributed by atoms with Crippen LogP contribution in [0.3, 0.4) is 0 Å². The first-order valence-electron chi connectivity index (χ1n) is 8.96. The quantitative estimate of drug-likeness (QED) is 0.865. The van der Waals surface area contributed by atoms with Crippen LogP contribution in [0, 0.1) is 0 Å².